The molecule has 8 N–H and O–H groups in total. The van der Waals surface area contributed by atoms with E-state index in [1.54, 1.807) is 45.4 Å². The minimum atomic E-state index is -1.25. The van der Waals surface area contributed by atoms with Crippen molar-refractivity contribution in [2.45, 2.75) is 128 Å². The van der Waals surface area contributed by atoms with E-state index in [1.807, 2.05) is 36.4 Å². The number of carbonyl (C=O) groups excluding carboxylic acids is 4. The van der Waals surface area contributed by atoms with Gasteiger partial charge in [-0.1, -0.05) is 68.5 Å². The Morgan fingerprint density at radius 2 is 1.68 bits per heavy atom. The lowest BCUT2D eigenvalue weighted by molar-refractivity contribution is -0.133. The van der Waals surface area contributed by atoms with Gasteiger partial charge in [-0.05, 0) is 82.5 Å². The molecule has 14 nitrogen and oxygen atoms in total. The summed E-state index contributed by atoms with van der Waals surface area (Å²) in [5, 5.41) is 18.4. The number of hydrogen-bond donors (Lipinski definition) is 6. The molecule has 0 bridgehead atoms. The number of amides is 4. The van der Waals surface area contributed by atoms with Crippen molar-refractivity contribution in [3.63, 3.8) is 0 Å². The van der Waals surface area contributed by atoms with Crippen LogP contribution in [-0.4, -0.2) is 91.7 Å². The first-order valence-corrected chi connectivity index (χ1v) is 20.0. The van der Waals surface area contributed by atoms with Crippen LogP contribution in [-0.2, 0) is 38.4 Å². The van der Waals surface area contributed by atoms with Gasteiger partial charge >= 0.3 is 6.09 Å². The number of hydrogen-bond acceptors (Lipinski definition) is 9. The first-order valence-electron chi connectivity index (χ1n) is 20.0. The highest BCUT2D eigenvalue weighted by molar-refractivity contribution is 5.91. The molecule has 1 fully saturated rings. The Labute approximate surface area is 330 Å². The van der Waals surface area contributed by atoms with Crippen molar-refractivity contribution in [2.75, 3.05) is 13.1 Å². The summed E-state index contributed by atoms with van der Waals surface area (Å²) in [5.74, 6) is -2.16. The number of nitrogens with one attached hydrogen (secondary N) is 3. The van der Waals surface area contributed by atoms with E-state index >= 15 is 0 Å². The van der Waals surface area contributed by atoms with Crippen molar-refractivity contribution in [1.82, 2.24) is 30.5 Å². The molecule has 1 saturated carbocycles. The molecule has 3 aromatic rings. The van der Waals surface area contributed by atoms with Crippen LogP contribution in [0.2, 0.25) is 0 Å². The third-order valence-electron chi connectivity index (χ3n) is 10.3. The van der Waals surface area contributed by atoms with Crippen LogP contribution in [0.1, 0.15) is 95.4 Å². The average Bonchev–Trinajstić information content (AvgIpc) is 3.69. The largest absolute Gasteiger partial charge is 0.444 e. The fourth-order valence-electron chi connectivity index (χ4n) is 7.45. The van der Waals surface area contributed by atoms with E-state index in [0.717, 1.165) is 49.7 Å². The number of carbonyl (C=O) groups is 4. The van der Waals surface area contributed by atoms with Gasteiger partial charge in [-0.25, -0.2) is 9.78 Å². The first kappa shape index (κ1) is 43.9. The van der Waals surface area contributed by atoms with Gasteiger partial charge < -0.3 is 36.9 Å². The van der Waals surface area contributed by atoms with Crippen LogP contribution in [0.25, 0.3) is 0 Å². The van der Waals surface area contributed by atoms with E-state index in [1.165, 1.54) is 11.2 Å². The Morgan fingerprint density at radius 1 is 0.946 bits per heavy atom. The summed E-state index contributed by atoms with van der Waals surface area (Å²) >= 11 is 0. The highest BCUT2D eigenvalue weighted by atomic mass is 16.6. The van der Waals surface area contributed by atoms with Crippen LogP contribution in [0.5, 0.6) is 0 Å². The van der Waals surface area contributed by atoms with E-state index in [0.29, 0.717) is 38.0 Å². The predicted octanol–water partition coefficient (Wildman–Crippen LogP) is 3.97. The number of nitrogens with two attached hydrogens (primary N) is 2. The molecular formula is C42H62N8O6. The minimum absolute atomic E-state index is 0.00227. The molecule has 0 aliphatic heterocycles. The molecule has 0 unspecified atom stereocenters. The number of unbranched alkanes of at least 4 members (excludes halogenated alkanes) is 1. The maximum Gasteiger partial charge on any atom is 0.411 e. The summed E-state index contributed by atoms with van der Waals surface area (Å²) < 4.78 is 6.04. The number of pyridine rings is 1. The van der Waals surface area contributed by atoms with Crippen molar-refractivity contribution < 1.29 is 29.0 Å². The zero-order chi connectivity index (χ0) is 40.5. The van der Waals surface area contributed by atoms with Gasteiger partial charge in [-0.3, -0.25) is 24.3 Å². The molecule has 0 spiro atoms. The standard InChI is InChI=1S/C42H62N8O6/c1-42(2,3)56-41(55)50(36(23-30-15-8-5-9-16-30)40(54)49-34(38(44)52)25-33-27-46-28-48-33)35(22-29-13-6-4-7-14-29)37(51)24-32(21-31-17-12-19-45-26-31)39(53)47-20-11-10-18-43/h5,8-9,12,15-17,19,26-29,32,34-37,51H,4,6-7,10-11,13-14,18,20-25,43H2,1-3H3,(H2,44,52)(H,46,48)(H,47,53)(H,49,54)/t32-,34+,35+,36+,37+/m1/s1. The molecule has 4 amide bonds. The molecule has 2 heterocycles. The molecule has 1 aliphatic rings. The molecule has 0 saturated heterocycles. The molecule has 1 aromatic carbocycles. The van der Waals surface area contributed by atoms with Crippen LogP contribution >= 0.6 is 0 Å². The molecule has 2 aromatic heterocycles. The van der Waals surface area contributed by atoms with Gasteiger partial charge in [-0.15, -0.1) is 0 Å². The lowest BCUT2D eigenvalue weighted by Gasteiger charge is -2.42. The first-order chi connectivity index (χ1) is 26.8. The SMILES string of the molecule is CC(C)(C)OC(=O)N([C@@H](Cc1ccccc1)C(=O)N[C@@H](Cc1cnc[nH]1)C(N)=O)[C@@H](CC1CCCCC1)[C@@H](O)C[C@@H](Cc1cccnc1)C(=O)NCCCCN. The third kappa shape index (κ3) is 14.4. The Morgan fingerprint density at radius 3 is 2.30 bits per heavy atom. The van der Waals surface area contributed by atoms with Crippen molar-refractivity contribution in [3.8, 4) is 0 Å². The summed E-state index contributed by atoms with van der Waals surface area (Å²) in [6, 6.07) is 9.65. The van der Waals surface area contributed by atoms with E-state index in [4.69, 9.17) is 16.2 Å². The van der Waals surface area contributed by atoms with Gasteiger partial charge in [0.05, 0.1) is 18.5 Å². The minimum Gasteiger partial charge on any atom is -0.444 e. The van der Waals surface area contributed by atoms with Crippen LogP contribution in [0.4, 0.5) is 4.79 Å². The van der Waals surface area contributed by atoms with Crippen molar-refractivity contribution in [1.29, 1.82) is 0 Å². The van der Waals surface area contributed by atoms with Crippen LogP contribution < -0.4 is 22.1 Å². The number of H-pyrrole nitrogens is 1. The smallest absolute Gasteiger partial charge is 0.411 e. The lowest BCUT2D eigenvalue weighted by Crippen LogP contribution is -2.61. The number of aliphatic hydroxyl groups is 1. The highest BCUT2D eigenvalue weighted by Crippen LogP contribution is 2.33. The van der Waals surface area contributed by atoms with E-state index in [2.05, 4.69) is 25.6 Å². The van der Waals surface area contributed by atoms with Gasteiger partial charge in [-0.2, -0.15) is 0 Å². The van der Waals surface area contributed by atoms with Crippen molar-refractivity contribution in [3.05, 3.63) is 84.2 Å². The number of benzene rings is 1. The number of primary amides is 1. The van der Waals surface area contributed by atoms with Crippen LogP contribution in [0.3, 0.4) is 0 Å². The zero-order valence-electron chi connectivity index (χ0n) is 33.2. The highest BCUT2D eigenvalue weighted by Gasteiger charge is 2.43. The van der Waals surface area contributed by atoms with Gasteiger partial charge in [0.15, 0.2) is 0 Å². The second-order valence-corrected chi connectivity index (χ2v) is 16.0. The van der Waals surface area contributed by atoms with E-state index < -0.39 is 53.7 Å². The van der Waals surface area contributed by atoms with E-state index in [-0.39, 0.29) is 31.1 Å². The number of aromatic nitrogens is 3. The van der Waals surface area contributed by atoms with Gasteiger partial charge in [0.2, 0.25) is 17.7 Å². The number of rotatable bonds is 21. The summed E-state index contributed by atoms with van der Waals surface area (Å²) in [6.07, 6.45) is 11.5. The molecule has 4 rings (SSSR count). The average molecular weight is 775 g/mol. The number of imidazole rings is 1. The summed E-state index contributed by atoms with van der Waals surface area (Å²) in [7, 11) is 0. The lowest BCUT2D eigenvalue weighted by atomic mass is 9.81. The van der Waals surface area contributed by atoms with E-state index in [9.17, 15) is 24.3 Å². The van der Waals surface area contributed by atoms with Gasteiger partial charge in [0.1, 0.15) is 17.7 Å². The maximum absolute atomic E-state index is 14.7. The molecule has 1 aliphatic carbocycles. The zero-order valence-corrected chi connectivity index (χ0v) is 33.2. The second-order valence-electron chi connectivity index (χ2n) is 16.0. The van der Waals surface area contributed by atoms with Crippen molar-refractivity contribution >= 4 is 23.8 Å². The van der Waals surface area contributed by atoms with Crippen molar-refractivity contribution in [2.24, 2.45) is 23.3 Å². The summed E-state index contributed by atoms with van der Waals surface area (Å²) in [4.78, 5) is 68.6. The Balaban J connectivity index is 1.79. The molecule has 5 atom stereocenters. The molecular weight excluding hydrogens is 713 g/mol. The fraction of sp³-hybridized carbons (Fsp3) is 0.571. The quantitative estimate of drug-likeness (QED) is 0.0862. The van der Waals surface area contributed by atoms with Gasteiger partial charge in [0, 0.05) is 49.6 Å². The summed E-state index contributed by atoms with van der Waals surface area (Å²) in [6.45, 7) is 6.18. The predicted molar refractivity (Wildman–Crippen MR) is 214 cm³/mol. The monoisotopic (exact) mass is 774 g/mol. The molecule has 14 heteroatoms. The third-order valence-corrected chi connectivity index (χ3v) is 10.3. The number of nitrogens with zero attached hydrogens (tertiary/aromatic N) is 3. The molecule has 0 radical (unpaired) electrons. The topological polar surface area (TPSA) is 219 Å². The second kappa shape index (κ2) is 22.1. The number of ether oxygens (including phenoxy) is 1. The normalized spacial score (nSPS) is 16.2. The van der Waals surface area contributed by atoms with Crippen LogP contribution in [0, 0.1) is 11.8 Å². The fourth-order valence-corrected chi connectivity index (χ4v) is 7.45. The Kier molecular flexibility index (Phi) is 17.3. The molecule has 56 heavy (non-hydrogen) atoms. The maximum atomic E-state index is 14.7. The molecule has 306 valence electrons. The summed E-state index contributed by atoms with van der Waals surface area (Å²) in [5.41, 5.74) is 12.7. The number of aromatic amines is 1. The van der Waals surface area contributed by atoms with Gasteiger partial charge in [0.25, 0.3) is 0 Å². The Bertz CT molecular complexity index is 1630. The Hall–Kier alpha value is -4.82. The van der Waals surface area contributed by atoms with Crippen LogP contribution in [0.15, 0.2) is 67.4 Å². The number of aliphatic hydroxyl groups excluding tert-OH is 1.